The third kappa shape index (κ3) is 2.75. The number of nitro benzene ring substituents is 1. The van der Waals surface area contributed by atoms with Crippen LogP contribution in [0.15, 0.2) is 47.5 Å². The van der Waals surface area contributed by atoms with E-state index in [2.05, 4.69) is 4.98 Å². The standard InChI is InChI=1S/C16H14N4O6/c21-8-15-25-9-14(26-15)18-6-5-13-17-12(7-19(13)16(18)22)10-1-3-11(4-2-10)20(23)24/h1-7,14-15,21H,8-9H2/t14-,15-/m0/s1. The number of hydrogen-bond donors (Lipinski definition) is 1. The molecule has 0 aliphatic carbocycles. The second kappa shape index (κ2) is 6.33. The Morgan fingerprint density at radius 2 is 2.08 bits per heavy atom. The first-order valence-electron chi connectivity index (χ1n) is 7.80. The maximum Gasteiger partial charge on any atom is 0.336 e. The van der Waals surface area contributed by atoms with Crippen molar-refractivity contribution in [1.29, 1.82) is 0 Å². The number of imidazole rings is 1. The lowest BCUT2D eigenvalue weighted by Gasteiger charge is -2.12. The summed E-state index contributed by atoms with van der Waals surface area (Å²) in [5.41, 5.74) is 1.24. The van der Waals surface area contributed by atoms with Crippen LogP contribution in [-0.4, -0.2) is 43.5 Å². The Morgan fingerprint density at radius 3 is 2.73 bits per heavy atom. The molecule has 0 spiro atoms. The topological polar surface area (TPSA) is 121 Å². The molecule has 2 atom stereocenters. The van der Waals surface area contributed by atoms with E-state index in [4.69, 9.17) is 14.6 Å². The lowest BCUT2D eigenvalue weighted by molar-refractivity contribution is -0.384. The Balaban J connectivity index is 1.70. The smallest absolute Gasteiger partial charge is 0.336 e. The Labute approximate surface area is 146 Å². The molecule has 1 fully saturated rings. The highest BCUT2D eigenvalue weighted by molar-refractivity contribution is 5.63. The Kier molecular flexibility index (Phi) is 3.99. The molecule has 4 rings (SSSR count). The summed E-state index contributed by atoms with van der Waals surface area (Å²) in [5, 5.41) is 19.8. The maximum absolute atomic E-state index is 12.7. The van der Waals surface area contributed by atoms with Gasteiger partial charge in [-0.1, -0.05) is 0 Å². The minimum absolute atomic E-state index is 0.0170. The zero-order chi connectivity index (χ0) is 18.3. The predicted octanol–water partition coefficient (Wildman–Crippen LogP) is 0.935. The second-order valence-electron chi connectivity index (χ2n) is 5.70. The highest BCUT2D eigenvalue weighted by Crippen LogP contribution is 2.23. The molecule has 1 aliphatic rings. The Morgan fingerprint density at radius 1 is 1.31 bits per heavy atom. The predicted molar refractivity (Wildman–Crippen MR) is 88.5 cm³/mol. The van der Waals surface area contributed by atoms with E-state index in [1.165, 1.54) is 21.1 Å². The Bertz CT molecular complexity index is 1030. The highest BCUT2D eigenvalue weighted by Gasteiger charge is 2.27. The number of nitrogens with zero attached hydrogens (tertiary/aromatic N) is 4. The van der Waals surface area contributed by atoms with Crippen LogP contribution in [0.5, 0.6) is 0 Å². The van der Waals surface area contributed by atoms with Crippen molar-refractivity contribution in [3.63, 3.8) is 0 Å². The van der Waals surface area contributed by atoms with Crippen molar-refractivity contribution in [1.82, 2.24) is 14.0 Å². The summed E-state index contributed by atoms with van der Waals surface area (Å²) in [4.78, 5) is 27.4. The molecule has 26 heavy (non-hydrogen) atoms. The molecule has 10 nitrogen and oxygen atoms in total. The number of ether oxygens (including phenoxy) is 2. The van der Waals surface area contributed by atoms with Crippen LogP contribution in [0.4, 0.5) is 5.69 Å². The molecule has 0 radical (unpaired) electrons. The van der Waals surface area contributed by atoms with Gasteiger partial charge in [-0.25, -0.2) is 9.78 Å². The van der Waals surface area contributed by atoms with Crippen molar-refractivity contribution in [2.75, 3.05) is 13.2 Å². The van der Waals surface area contributed by atoms with E-state index in [-0.39, 0.29) is 24.6 Å². The SMILES string of the molecule is O=c1n([C@@H]2CO[C@H](CO)O2)ccc2nc(-c3ccc([N+](=O)[O-])cc3)cn12. The number of aliphatic hydroxyl groups excluding tert-OH is 1. The number of fused-ring (bicyclic) bond motifs is 1. The van der Waals surface area contributed by atoms with Crippen LogP contribution in [0.3, 0.4) is 0 Å². The Hall–Kier alpha value is -3.08. The first-order chi connectivity index (χ1) is 12.6. The van der Waals surface area contributed by atoms with E-state index < -0.39 is 17.4 Å². The summed E-state index contributed by atoms with van der Waals surface area (Å²) in [6.07, 6.45) is 1.74. The molecule has 1 N–H and O–H groups in total. The van der Waals surface area contributed by atoms with E-state index in [0.717, 1.165) is 0 Å². The van der Waals surface area contributed by atoms with Gasteiger partial charge in [-0.05, 0) is 18.2 Å². The van der Waals surface area contributed by atoms with Gasteiger partial charge in [-0.2, -0.15) is 0 Å². The van der Waals surface area contributed by atoms with Gasteiger partial charge in [-0.3, -0.25) is 19.1 Å². The summed E-state index contributed by atoms with van der Waals surface area (Å²) < 4.78 is 13.4. The van der Waals surface area contributed by atoms with Crippen LogP contribution < -0.4 is 5.69 Å². The first kappa shape index (κ1) is 16.4. The third-order valence-electron chi connectivity index (χ3n) is 4.11. The summed E-state index contributed by atoms with van der Waals surface area (Å²) in [7, 11) is 0. The zero-order valence-electron chi connectivity index (χ0n) is 13.4. The number of rotatable bonds is 4. The van der Waals surface area contributed by atoms with E-state index >= 15 is 0 Å². The van der Waals surface area contributed by atoms with Gasteiger partial charge >= 0.3 is 5.69 Å². The third-order valence-corrected chi connectivity index (χ3v) is 4.11. The molecular formula is C16H14N4O6. The largest absolute Gasteiger partial charge is 0.391 e. The van der Waals surface area contributed by atoms with Gasteiger partial charge in [0.15, 0.2) is 12.5 Å². The number of benzene rings is 1. The van der Waals surface area contributed by atoms with Gasteiger partial charge in [-0.15, -0.1) is 0 Å². The summed E-state index contributed by atoms with van der Waals surface area (Å²) >= 11 is 0. The van der Waals surface area contributed by atoms with Gasteiger partial charge in [0.25, 0.3) is 5.69 Å². The second-order valence-corrected chi connectivity index (χ2v) is 5.70. The van der Waals surface area contributed by atoms with Gasteiger partial charge in [0, 0.05) is 30.1 Å². The molecule has 0 unspecified atom stereocenters. The van der Waals surface area contributed by atoms with Crippen molar-refractivity contribution in [3.8, 4) is 11.3 Å². The minimum atomic E-state index is -0.749. The van der Waals surface area contributed by atoms with Crippen molar-refractivity contribution < 1.29 is 19.5 Å². The van der Waals surface area contributed by atoms with Crippen LogP contribution in [-0.2, 0) is 9.47 Å². The summed E-state index contributed by atoms with van der Waals surface area (Å²) in [6.45, 7) is -0.136. The van der Waals surface area contributed by atoms with Crippen molar-refractivity contribution in [3.05, 3.63) is 63.3 Å². The lowest BCUT2D eigenvalue weighted by Crippen LogP contribution is -2.30. The quantitative estimate of drug-likeness (QED) is 0.544. The van der Waals surface area contributed by atoms with Crippen LogP contribution in [0.2, 0.25) is 0 Å². The van der Waals surface area contributed by atoms with Crippen molar-refractivity contribution in [2.45, 2.75) is 12.5 Å². The van der Waals surface area contributed by atoms with Gasteiger partial charge in [0.2, 0.25) is 0 Å². The minimum Gasteiger partial charge on any atom is -0.391 e. The maximum atomic E-state index is 12.7. The fraction of sp³-hybridized carbons (Fsp3) is 0.250. The zero-order valence-corrected chi connectivity index (χ0v) is 13.4. The van der Waals surface area contributed by atoms with Crippen LogP contribution in [0.25, 0.3) is 16.9 Å². The van der Waals surface area contributed by atoms with Gasteiger partial charge in [0.1, 0.15) is 5.65 Å². The molecular weight excluding hydrogens is 344 g/mol. The molecule has 1 aliphatic heterocycles. The molecule has 3 aromatic rings. The summed E-state index contributed by atoms with van der Waals surface area (Å²) in [6, 6.07) is 7.59. The number of aromatic nitrogens is 3. The number of hydrogen-bond acceptors (Lipinski definition) is 7. The van der Waals surface area contributed by atoms with Crippen molar-refractivity contribution in [2.24, 2.45) is 0 Å². The number of nitro groups is 1. The molecule has 2 aromatic heterocycles. The van der Waals surface area contributed by atoms with Crippen LogP contribution in [0, 0.1) is 10.1 Å². The lowest BCUT2D eigenvalue weighted by atomic mass is 10.1. The average molecular weight is 358 g/mol. The van der Waals surface area contributed by atoms with Crippen LogP contribution >= 0.6 is 0 Å². The molecule has 3 heterocycles. The molecule has 1 aromatic carbocycles. The highest BCUT2D eigenvalue weighted by atomic mass is 16.7. The molecule has 0 bridgehead atoms. The fourth-order valence-electron chi connectivity index (χ4n) is 2.80. The van der Waals surface area contributed by atoms with Gasteiger partial charge < -0.3 is 14.6 Å². The molecule has 0 saturated carbocycles. The molecule has 134 valence electrons. The molecule has 1 saturated heterocycles. The van der Waals surface area contributed by atoms with Crippen molar-refractivity contribution >= 4 is 11.3 Å². The first-order valence-corrected chi connectivity index (χ1v) is 7.80. The van der Waals surface area contributed by atoms with Gasteiger partial charge in [0.05, 0.1) is 23.8 Å². The van der Waals surface area contributed by atoms with E-state index in [1.54, 1.807) is 30.6 Å². The normalized spacial score (nSPS) is 19.9. The van der Waals surface area contributed by atoms with E-state index in [1.807, 2.05) is 0 Å². The molecule has 0 amide bonds. The van der Waals surface area contributed by atoms with E-state index in [0.29, 0.717) is 16.9 Å². The van der Waals surface area contributed by atoms with Crippen LogP contribution in [0.1, 0.15) is 6.23 Å². The number of aliphatic hydroxyl groups is 1. The average Bonchev–Trinajstić information content (AvgIpc) is 3.29. The fourth-order valence-corrected chi connectivity index (χ4v) is 2.80. The van der Waals surface area contributed by atoms with E-state index in [9.17, 15) is 14.9 Å². The number of non-ortho nitro benzene ring substituents is 1. The monoisotopic (exact) mass is 358 g/mol. The summed E-state index contributed by atoms with van der Waals surface area (Å²) in [5.74, 6) is 0. The molecule has 10 heteroatoms.